The van der Waals surface area contributed by atoms with Gasteiger partial charge in [0.05, 0.1) is 6.54 Å². The lowest BCUT2D eigenvalue weighted by Gasteiger charge is -2.31. The summed E-state index contributed by atoms with van der Waals surface area (Å²) in [4.78, 5) is 26.0. The maximum atomic E-state index is 12.7. The maximum absolute atomic E-state index is 12.7. The first-order valence-corrected chi connectivity index (χ1v) is 8.14. The third-order valence-corrected chi connectivity index (χ3v) is 3.05. The fraction of sp³-hybridized carbons (Fsp3) is 0.529. The van der Waals surface area contributed by atoms with Crippen LogP contribution in [0.25, 0.3) is 0 Å². The van der Waals surface area contributed by atoms with Crippen LogP contribution >= 0.6 is 0 Å². The molecule has 1 aliphatic heterocycles. The van der Waals surface area contributed by atoms with Gasteiger partial charge in [0.2, 0.25) is 12.3 Å². The van der Waals surface area contributed by atoms with Crippen LogP contribution in [0.3, 0.4) is 0 Å². The Labute approximate surface area is 138 Å². The Bertz CT molecular complexity index is 444. The van der Waals surface area contributed by atoms with E-state index in [1.165, 1.54) is 24.3 Å². The van der Waals surface area contributed by atoms with Gasteiger partial charge in [-0.25, -0.2) is 4.39 Å². The van der Waals surface area contributed by atoms with Crippen molar-refractivity contribution in [2.24, 2.45) is 0 Å². The lowest BCUT2D eigenvalue weighted by molar-refractivity contribution is -0.120. The van der Waals surface area contributed by atoms with Crippen molar-refractivity contribution in [2.75, 3.05) is 38.0 Å². The fourth-order valence-electron chi connectivity index (χ4n) is 1.96. The van der Waals surface area contributed by atoms with Crippen molar-refractivity contribution in [2.45, 2.75) is 27.7 Å². The van der Waals surface area contributed by atoms with E-state index in [0.29, 0.717) is 31.9 Å². The van der Waals surface area contributed by atoms with Crippen molar-refractivity contribution in [1.82, 2.24) is 9.80 Å². The molecule has 23 heavy (non-hydrogen) atoms. The number of nitrogens with one attached hydrogen (secondary N) is 1. The summed E-state index contributed by atoms with van der Waals surface area (Å²) in [5.41, 5.74) is 0.581. The van der Waals surface area contributed by atoms with Crippen LogP contribution < -0.4 is 5.32 Å². The molecule has 0 unspecified atom stereocenters. The Morgan fingerprint density at radius 3 is 2.09 bits per heavy atom. The van der Waals surface area contributed by atoms with Gasteiger partial charge in [0, 0.05) is 31.9 Å². The standard InChI is InChI=1S/C13H16FN3O2.2C2H6/c14-11-1-3-12(4-2-11)15-13(19)9-16-5-7-17(10-18)8-6-16;2*1-2/h1-4,10H,5-9H2,(H,15,19);2*1-2H3. The van der Waals surface area contributed by atoms with Crippen LogP contribution in [0.1, 0.15) is 27.7 Å². The number of hydrogen-bond donors (Lipinski definition) is 1. The third-order valence-electron chi connectivity index (χ3n) is 3.05. The van der Waals surface area contributed by atoms with Crippen LogP contribution in [-0.4, -0.2) is 54.8 Å². The molecule has 2 amide bonds. The minimum atomic E-state index is -0.331. The second-order valence-electron chi connectivity index (χ2n) is 4.47. The highest BCUT2D eigenvalue weighted by molar-refractivity contribution is 5.92. The molecule has 1 aliphatic rings. The Morgan fingerprint density at radius 2 is 1.61 bits per heavy atom. The Hall–Kier alpha value is -1.95. The zero-order valence-corrected chi connectivity index (χ0v) is 14.5. The summed E-state index contributed by atoms with van der Waals surface area (Å²) in [5, 5.41) is 2.71. The molecule has 0 spiro atoms. The van der Waals surface area contributed by atoms with Crippen LogP contribution in [-0.2, 0) is 9.59 Å². The predicted octanol–water partition coefficient (Wildman–Crippen LogP) is 2.59. The van der Waals surface area contributed by atoms with Gasteiger partial charge in [-0.05, 0) is 24.3 Å². The summed E-state index contributed by atoms with van der Waals surface area (Å²) in [7, 11) is 0. The number of halogens is 1. The average Bonchev–Trinajstić information content (AvgIpc) is 2.61. The number of hydrogen-bond acceptors (Lipinski definition) is 3. The van der Waals surface area contributed by atoms with Crippen LogP contribution in [0.2, 0.25) is 0 Å². The highest BCUT2D eigenvalue weighted by Gasteiger charge is 2.17. The topological polar surface area (TPSA) is 52.7 Å². The molecule has 1 N–H and O–H groups in total. The molecule has 130 valence electrons. The van der Waals surface area contributed by atoms with Crippen molar-refractivity contribution >= 4 is 18.0 Å². The zero-order valence-electron chi connectivity index (χ0n) is 14.5. The number of carbonyl (C=O) groups is 2. The molecule has 0 atom stereocenters. The van der Waals surface area contributed by atoms with E-state index in [2.05, 4.69) is 5.32 Å². The quantitative estimate of drug-likeness (QED) is 0.866. The van der Waals surface area contributed by atoms with Crippen LogP contribution in [0, 0.1) is 5.82 Å². The zero-order chi connectivity index (χ0) is 17.7. The molecule has 2 rings (SSSR count). The van der Waals surface area contributed by atoms with Gasteiger partial charge in [0.15, 0.2) is 0 Å². The second-order valence-corrected chi connectivity index (χ2v) is 4.47. The second kappa shape index (κ2) is 12.6. The molecular formula is C17H28FN3O2. The summed E-state index contributed by atoms with van der Waals surface area (Å²) < 4.78 is 12.7. The van der Waals surface area contributed by atoms with Gasteiger partial charge in [-0.3, -0.25) is 14.5 Å². The number of rotatable bonds is 4. The first-order valence-electron chi connectivity index (χ1n) is 8.14. The minimum absolute atomic E-state index is 0.133. The number of benzene rings is 1. The first-order chi connectivity index (χ1) is 11.2. The normalized spacial score (nSPS) is 13.9. The molecule has 0 saturated carbocycles. The van der Waals surface area contributed by atoms with E-state index < -0.39 is 0 Å². The van der Waals surface area contributed by atoms with E-state index in [1.807, 2.05) is 32.6 Å². The summed E-state index contributed by atoms with van der Waals surface area (Å²) in [5.74, 6) is -0.464. The Morgan fingerprint density at radius 1 is 1.09 bits per heavy atom. The Kier molecular flexibility index (Phi) is 11.5. The van der Waals surface area contributed by atoms with Gasteiger partial charge in [0.1, 0.15) is 5.82 Å². The number of nitrogens with zero attached hydrogens (tertiary/aromatic N) is 2. The van der Waals surface area contributed by atoms with Crippen molar-refractivity contribution < 1.29 is 14.0 Å². The Balaban J connectivity index is 0.00000112. The van der Waals surface area contributed by atoms with E-state index in [-0.39, 0.29) is 18.3 Å². The molecular weight excluding hydrogens is 297 g/mol. The van der Waals surface area contributed by atoms with Crippen molar-refractivity contribution in [3.05, 3.63) is 30.1 Å². The SMILES string of the molecule is CC.CC.O=CN1CCN(CC(=O)Nc2ccc(F)cc2)CC1. The van der Waals surface area contributed by atoms with E-state index >= 15 is 0 Å². The maximum Gasteiger partial charge on any atom is 0.238 e. The third kappa shape index (κ3) is 8.30. The largest absolute Gasteiger partial charge is 0.343 e. The molecule has 1 fully saturated rings. The summed E-state index contributed by atoms with van der Waals surface area (Å²) in [6.07, 6.45) is 0.829. The smallest absolute Gasteiger partial charge is 0.238 e. The molecule has 0 radical (unpaired) electrons. The molecule has 1 aromatic rings. The molecule has 1 saturated heterocycles. The molecule has 1 heterocycles. The van der Waals surface area contributed by atoms with Crippen LogP contribution in [0.15, 0.2) is 24.3 Å². The lowest BCUT2D eigenvalue weighted by Crippen LogP contribution is -2.48. The van der Waals surface area contributed by atoms with Crippen molar-refractivity contribution in [3.8, 4) is 0 Å². The molecule has 5 nitrogen and oxygen atoms in total. The van der Waals surface area contributed by atoms with E-state index in [9.17, 15) is 14.0 Å². The summed E-state index contributed by atoms with van der Waals surface area (Å²) in [6.45, 7) is 11.0. The van der Waals surface area contributed by atoms with Crippen LogP contribution in [0.5, 0.6) is 0 Å². The molecule has 0 aliphatic carbocycles. The molecule has 0 bridgehead atoms. The summed E-state index contributed by atoms with van der Waals surface area (Å²) >= 11 is 0. The number of carbonyl (C=O) groups excluding carboxylic acids is 2. The first kappa shape index (κ1) is 21.0. The average molecular weight is 325 g/mol. The van der Waals surface area contributed by atoms with Crippen molar-refractivity contribution in [3.63, 3.8) is 0 Å². The highest BCUT2D eigenvalue weighted by atomic mass is 19.1. The minimum Gasteiger partial charge on any atom is -0.343 e. The number of piperazine rings is 1. The summed E-state index contributed by atoms with van der Waals surface area (Å²) in [6, 6.07) is 5.66. The number of amides is 2. The van der Waals surface area contributed by atoms with E-state index in [0.717, 1.165) is 6.41 Å². The predicted molar refractivity (Wildman–Crippen MR) is 91.8 cm³/mol. The highest BCUT2D eigenvalue weighted by Crippen LogP contribution is 2.08. The molecule has 1 aromatic carbocycles. The van der Waals surface area contributed by atoms with Gasteiger partial charge in [-0.15, -0.1) is 0 Å². The lowest BCUT2D eigenvalue weighted by atomic mass is 10.3. The van der Waals surface area contributed by atoms with Gasteiger partial charge < -0.3 is 10.2 Å². The van der Waals surface area contributed by atoms with Crippen LogP contribution in [0.4, 0.5) is 10.1 Å². The van der Waals surface area contributed by atoms with Gasteiger partial charge >= 0.3 is 0 Å². The van der Waals surface area contributed by atoms with E-state index in [1.54, 1.807) is 4.90 Å². The molecule has 0 aromatic heterocycles. The number of anilines is 1. The van der Waals surface area contributed by atoms with Gasteiger partial charge in [-0.1, -0.05) is 27.7 Å². The van der Waals surface area contributed by atoms with Gasteiger partial charge in [0.25, 0.3) is 0 Å². The molecule has 6 heteroatoms. The monoisotopic (exact) mass is 325 g/mol. The fourth-order valence-corrected chi connectivity index (χ4v) is 1.96. The van der Waals surface area contributed by atoms with E-state index in [4.69, 9.17) is 0 Å². The van der Waals surface area contributed by atoms with Gasteiger partial charge in [-0.2, -0.15) is 0 Å². The van der Waals surface area contributed by atoms with Crippen molar-refractivity contribution in [1.29, 1.82) is 0 Å².